The van der Waals surface area contributed by atoms with Crippen molar-refractivity contribution >= 4 is 17.6 Å². The van der Waals surface area contributed by atoms with Crippen molar-refractivity contribution in [2.75, 3.05) is 0 Å². The summed E-state index contributed by atoms with van der Waals surface area (Å²) in [6, 6.07) is 12.5. The summed E-state index contributed by atoms with van der Waals surface area (Å²) < 4.78 is 0. The zero-order chi connectivity index (χ0) is 12.4. The minimum Gasteiger partial charge on any atom is -0.478 e. The number of rotatable bonds is 2. The minimum absolute atomic E-state index is 0.292. The van der Waals surface area contributed by atoms with Crippen molar-refractivity contribution in [1.29, 1.82) is 0 Å². The second-order valence-corrected chi connectivity index (χ2v) is 4.28. The number of halogens is 1. The summed E-state index contributed by atoms with van der Waals surface area (Å²) in [6.07, 6.45) is 0. The number of hydrogen-bond donors (Lipinski definition) is 1. The lowest BCUT2D eigenvalue weighted by Crippen LogP contribution is -1.97. The molecule has 0 fully saturated rings. The van der Waals surface area contributed by atoms with Crippen LogP contribution in [0, 0.1) is 6.92 Å². The number of aromatic carboxylic acids is 1. The summed E-state index contributed by atoms with van der Waals surface area (Å²) in [5, 5.41) is 9.64. The summed E-state index contributed by atoms with van der Waals surface area (Å²) in [4.78, 5) is 10.9. The van der Waals surface area contributed by atoms with Crippen molar-refractivity contribution in [2.24, 2.45) is 0 Å². The fourth-order valence-corrected chi connectivity index (χ4v) is 1.82. The molecule has 0 aliphatic heterocycles. The Hall–Kier alpha value is -1.80. The number of carbonyl (C=O) groups is 1. The van der Waals surface area contributed by atoms with Crippen LogP contribution in [-0.4, -0.2) is 11.1 Å². The van der Waals surface area contributed by atoms with Gasteiger partial charge in [-0.2, -0.15) is 0 Å². The quantitative estimate of drug-likeness (QED) is 0.869. The van der Waals surface area contributed by atoms with Crippen molar-refractivity contribution in [2.45, 2.75) is 6.92 Å². The SMILES string of the molecule is Cc1ccc(C(=O)O)cc1-c1ccc(Cl)cc1. The van der Waals surface area contributed by atoms with E-state index in [4.69, 9.17) is 16.7 Å². The van der Waals surface area contributed by atoms with Crippen LogP contribution >= 0.6 is 11.6 Å². The highest BCUT2D eigenvalue weighted by molar-refractivity contribution is 6.30. The van der Waals surface area contributed by atoms with Gasteiger partial charge < -0.3 is 5.11 Å². The maximum Gasteiger partial charge on any atom is 0.335 e. The Kier molecular flexibility index (Phi) is 3.16. The van der Waals surface area contributed by atoms with E-state index in [-0.39, 0.29) is 0 Å². The molecule has 2 aromatic carbocycles. The van der Waals surface area contributed by atoms with Gasteiger partial charge in [-0.25, -0.2) is 4.79 Å². The van der Waals surface area contributed by atoms with Gasteiger partial charge in [0.15, 0.2) is 0 Å². The maximum atomic E-state index is 10.9. The van der Waals surface area contributed by atoms with Crippen LogP contribution in [0.1, 0.15) is 15.9 Å². The molecule has 2 rings (SSSR count). The molecule has 2 aromatic rings. The largest absolute Gasteiger partial charge is 0.478 e. The van der Waals surface area contributed by atoms with E-state index in [0.717, 1.165) is 16.7 Å². The first-order valence-corrected chi connectivity index (χ1v) is 5.55. The van der Waals surface area contributed by atoms with Crippen molar-refractivity contribution < 1.29 is 9.90 Å². The molecule has 0 heterocycles. The summed E-state index contributed by atoms with van der Waals surface area (Å²) in [6.45, 7) is 1.95. The number of aryl methyl sites for hydroxylation is 1. The van der Waals surface area contributed by atoms with E-state index in [9.17, 15) is 4.79 Å². The van der Waals surface area contributed by atoms with Crippen molar-refractivity contribution in [3.05, 3.63) is 58.6 Å². The van der Waals surface area contributed by atoms with E-state index < -0.39 is 5.97 Å². The first-order valence-electron chi connectivity index (χ1n) is 5.18. The van der Waals surface area contributed by atoms with Gasteiger partial charge in [0, 0.05) is 5.02 Å². The Bertz CT molecular complexity index is 559. The van der Waals surface area contributed by atoms with Gasteiger partial charge in [-0.15, -0.1) is 0 Å². The van der Waals surface area contributed by atoms with Crippen LogP contribution in [0.15, 0.2) is 42.5 Å². The van der Waals surface area contributed by atoms with Crippen LogP contribution < -0.4 is 0 Å². The molecule has 0 radical (unpaired) electrons. The fourth-order valence-electron chi connectivity index (χ4n) is 1.70. The molecule has 2 nitrogen and oxygen atoms in total. The van der Waals surface area contributed by atoms with Gasteiger partial charge in [0.05, 0.1) is 5.56 Å². The highest BCUT2D eigenvalue weighted by Crippen LogP contribution is 2.25. The monoisotopic (exact) mass is 246 g/mol. The molecule has 0 spiro atoms. The molecule has 17 heavy (non-hydrogen) atoms. The Morgan fingerprint density at radius 2 is 1.76 bits per heavy atom. The lowest BCUT2D eigenvalue weighted by Gasteiger charge is -2.07. The number of hydrogen-bond acceptors (Lipinski definition) is 1. The molecule has 0 saturated heterocycles. The van der Waals surface area contributed by atoms with Crippen molar-refractivity contribution in [3.8, 4) is 11.1 Å². The van der Waals surface area contributed by atoms with Gasteiger partial charge >= 0.3 is 5.97 Å². The van der Waals surface area contributed by atoms with Crippen LogP contribution in [0.2, 0.25) is 5.02 Å². The van der Waals surface area contributed by atoms with E-state index in [2.05, 4.69) is 0 Å². The third-order valence-electron chi connectivity index (χ3n) is 2.64. The minimum atomic E-state index is -0.916. The Morgan fingerprint density at radius 3 is 2.35 bits per heavy atom. The summed E-state index contributed by atoms with van der Waals surface area (Å²) in [5.74, 6) is -0.916. The topological polar surface area (TPSA) is 37.3 Å². The third kappa shape index (κ3) is 2.48. The average Bonchev–Trinajstić information content (AvgIpc) is 2.31. The first kappa shape index (κ1) is 11.7. The van der Waals surface area contributed by atoms with Crippen molar-refractivity contribution in [3.63, 3.8) is 0 Å². The normalized spacial score (nSPS) is 10.2. The molecule has 0 aromatic heterocycles. The molecular formula is C14H11ClO2. The molecule has 0 unspecified atom stereocenters. The molecule has 86 valence electrons. The van der Waals surface area contributed by atoms with Crippen LogP contribution in [0.25, 0.3) is 11.1 Å². The molecule has 3 heteroatoms. The average molecular weight is 247 g/mol. The zero-order valence-electron chi connectivity index (χ0n) is 9.27. The fraction of sp³-hybridized carbons (Fsp3) is 0.0714. The van der Waals surface area contributed by atoms with E-state index in [1.807, 2.05) is 25.1 Å². The molecule has 0 saturated carbocycles. The Morgan fingerprint density at radius 1 is 1.12 bits per heavy atom. The van der Waals surface area contributed by atoms with Crippen molar-refractivity contribution in [1.82, 2.24) is 0 Å². The van der Waals surface area contributed by atoms with Gasteiger partial charge in [0.1, 0.15) is 0 Å². The third-order valence-corrected chi connectivity index (χ3v) is 2.89. The van der Waals surface area contributed by atoms with Crippen LogP contribution in [0.4, 0.5) is 0 Å². The summed E-state index contributed by atoms with van der Waals surface area (Å²) in [7, 11) is 0. The molecule has 0 atom stereocenters. The smallest absolute Gasteiger partial charge is 0.335 e. The second-order valence-electron chi connectivity index (χ2n) is 3.84. The number of carboxylic acids is 1. The Labute approximate surface area is 104 Å². The summed E-state index contributed by atoms with van der Waals surface area (Å²) in [5.41, 5.74) is 3.22. The molecule has 1 N–H and O–H groups in total. The molecule has 0 bridgehead atoms. The van der Waals surface area contributed by atoms with Crippen LogP contribution in [0.5, 0.6) is 0 Å². The lowest BCUT2D eigenvalue weighted by molar-refractivity contribution is 0.0697. The number of carboxylic acid groups (broad SMARTS) is 1. The van der Waals surface area contributed by atoms with Gasteiger partial charge in [0.2, 0.25) is 0 Å². The van der Waals surface area contributed by atoms with E-state index in [1.54, 1.807) is 24.3 Å². The Balaban J connectivity index is 2.54. The highest BCUT2D eigenvalue weighted by Gasteiger charge is 2.07. The lowest BCUT2D eigenvalue weighted by atomic mass is 9.98. The van der Waals surface area contributed by atoms with Crippen LogP contribution in [-0.2, 0) is 0 Å². The van der Waals surface area contributed by atoms with E-state index in [1.165, 1.54) is 0 Å². The molecule has 0 amide bonds. The maximum absolute atomic E-state index is 10.9. The second kappa shape index (κ2) is 4.60. The van der Waals surface area contributed by atoms with E-state index in [0.29, 0.717) is 10.6 Å². The molecular weight excluding hydrogens is 236 g/mol. The van der Waals surface area contributed by atoms with E-state index >= 15 is 0 Å². The standard InChI is InChI=1S/C14H11ClO2/c1-9-2-3-11(14(16)17)8-13(9)10-4-6-12(15)7-5-10/h2-8H,1H3,(H,16,17). The van der Waals surface area contributed by atoms with Crippen LogP contribution in [0.3, 0.4) is 0 Å². The predicted octanol–water partition coefficient (Wildman–Crippen LogP) is 4.01. The first-order chi connectivity index (χ1) is 8.08. The zero-order valence-corrected chi connectivity index (χ0v) is 10.0. The van der Waals surface area contributed by atoms with Gasteiger partial charge in [-0.1, -0.05) is 29.8 Å². The van der Waals surface area contributed by atoms with Gasteiger partial charge in [-0.05, 0) is 47.9 Å². The van der Waals surface area contributed by atoms with Gasteiger partial charge in [0.25, 0.3) is 0 Å². The highest BCUT2D eigenvalue weighted by atomic mass is 35.5. The predicted molar refractivity (Wildman–Crippen MR) is 68.6 cm³/mol. The summed E-state index contributed by atoms with van der Waals surface area (Å²) >= 11 is 5.83. The molecule has 0 aliphatic rings. The van der Waals surface area contributed by atoms with Gasteiger partial charge in [-0.3, -0.25) is 0 Å². The molecule has 0 aliphatic carbocycles. The number of benzene rings is 2.